The second kappa shape index (κ2) is 15.4. The Kier molecular flexibility index (Phi) is 8.81. The van der Waals surface area contributed by atoms with Crippen LogP contribution >= 0.6 is 0 Å². The number of fused-ring (bicyclic) bond motifs is 5. The highest BCUT2D eigenvalue weighted by Gasteiger charge is 2.64. The van der Waals surface area contributed by atoms with Crippen molar-refractivity contribution >= 4 is 73.6 Å². The van der Waals surface area contributed by atoms with Gasteiger partial charge >= 0.3 is 6.03 Å². The van der Waals surface area contributed by atoms with Crippen molar-refractivity contribution < 1.29 is 4.79 Å². The molecule has 1 unspecified atom stereocenters. The molecule has 0 aliphatic carbocycles. The average molecular weight is 906 g/mol. The molecule has 16 nitrogen and oxygen atoms in total. The van der Waals surface area contributed by atoms with Gasteiger partial charge in [0.05, 0.1) is 66.4 Å². The molecule has 1 saturated heterocycles. The Labute approximate surface area is 394 Å². The summed E-state index contributed by atoms with van der Waals surface area (Å²) < 4.78 is 0. The number of hydrazine groups is 2. The Balaban J connectivity index is 1.28. The number of rotatable bonds is 7. The first-order valence-electron chi connectivity index (χ1n) is 23.3. The van der Waals surface area contributed by atoms with Gasteiger partial charge in [0.2, 0.25) is 0 Å². The minimum atomic E-state index is -1.51. The molecular formula is C53H43N15O. The van der Waals surface area contributed by atoms with Crippen LogP contribution in [-0.4, -0.2) is 115 Å². The van der Waals surface area contributed by atoms with Gasteiger partial charge in [-0.2, -0.15) is 5.10 Å². The number of carbonyl (C=O) groups is 1. The number of pyridine rings is 2. The number of H-pyrrole nitrogens is 3. The molecular weight excluding hydrogens is 863 g/mol. The van der Waals surface area contributed by atoms with E-state index >= 15 is 4.79 Å². The van der Waals surface area contributed by atoms with Gasteiger partial charge in [-0.05, 0) is 41.8 Å². The van der Waals surface area contributed by atoms with Crippen molar-refractivity contribution in [3.63, 3.8) is 0 Å². The van der Waals surface area contributed by atoms with E-state index < -0.39 is 5.54 Å². The molecule has 9 heterocycles. The van der Waals surface area contributed by atoms with Crippen LogP contribution in [-0.2, 0) is 5.54 Å². The lowest BCUT2D eigenvalue weighted by molar-refractivity contribution is -0.0110. The highest BCUT2D eigenvalue weighted by atomic mass is 16.2. The predicted octanol–water partition coefficient (Wildman–Crippen LogP) is 8.28. The number of aromatic amines is 3. The van der Waals surface area contributed by atoms with Crippen LogP contribution in [0.15, 0.2) is 150 Å². The number of anilines is 2. The highest BCUT2D eigenvalue weighted by molar-refractivity contribution is 6.16. The van der Waals surface area contributed by atoms with Gasteiger partial charge < -0.3 is 14.9 Å². The molecule has 0 radical (unpaired) electrons. The summed E-state index contributed by atoms with van der Waals surface area (Å²) in [6.07, 6.45) is 8.99. The first kappa shape index (κ1) is 39.4. The Morgan fingerprint density at radius 1 is 0.681 bits per heavy atom. The maximum atomic E-state index is 16.3. The number of nitrogens with one attached hydrogen (secondary N) is 4. The summed E-state index contributed by atoms with van der Waals surface area (Å²) in [4.78, 5) is 53.6. The summed E-state index contributed by atoms with van der Waals surface area (Å²) in [5.74, 6) is 0.544. The zero-order valence-electron chi connectivity index (χ0n) is 37.2. The smallest absolute Gasteiger partial charge is 0.346 e. The molecule has 5 aromatic carbocycles. The summed E-state index contributed by atoms with van der Waals surface area (Å²) in [6, 6.07) is 41.3. The lowest BCUT2D eigenvalue weighted by Crippen LogP contribution is -2.63. The number of benzene rings is 5. The SMILES string of the molecule is O=C(N1C=NCC1)N1c2c(N3CCNC3)c(-c3ccc4ccccc4n3)c(-c3nccc4ccccc34)c(-c3cc4ccccc4[nH]3)c2C(c2ncc[nH]2)(c2n[nH]c3ccccc23)N1N1C=NCC1. The average Bonchev–Trinajstić information content (AvgIpc) is 4.26. The van der Waals surface area contributed by atoms with Crippen molar-refractivity contribution in [1.82, 2.24) is 55.5 Å². The van der Waals surface area contributed by atoms with Crippen molar-refractivity contribution in [2.75, 3.05) is 55.8 Å². The summed E-state index contributed by atoms with van der Waals surface area (Å²) in [7, 11) is 0. The summed E-state index contributed by atoms with van der Waals surface area (Å²) in [5.41, 5.74) is 8.74. The number of aliphatic imine (C=N–C) groups is 2. The van der Waals surface area contributed by atoms with E-state index in [2.05, 4.69) is 120 Å². The lowest BCUT2D eigenvalue weighted by atomic mass is 9.76. The standard InChI is InChI=1S/C53H43N15O/c69-52(65-27-24-55-31-65)67-49-46(53(51-58-21-22-59-51,68(67)66-28-25-56-32-66)50-37-13-5-8-16-40(37)62-63-50)43(42-29-35-11-3-7-15-39(35)61-42)45(47-36-12-4-1-9-33(36)19-20-57-47)44(48(49)64-26-23-54-30-64)41-18-17-34-10-2-6-14-38(34)60-41/h1-22,29,31-32,54,61H,23-28,30H2,(H,58,59)(H,62,63). The highest BCUT2D eigenvalue weighted by Crippen LogP contribution is 2.64. The molecule has 1 atom stereocenters. The van der Waals surface area contributed by atoms with Crippen LogP contribution in [0.3, 0.4) is 0 Å². The normalized spacial score (nSPS) is 18.1. The molecule has 1 fully saturated rings. The molecule has 69 heavy (non-hydrogen) atoms. The van der Waals surface area contributed by atoms with E-state index in [0.29, 0.717) is 63.1 Å². The van der Waals surface area contributed by atoms with Gasteiger partial charge in [0.1, 0.15) is 17.9 Å². The van der Waals surface area contributed by atoms with E-state index in [1.54, 1.807) is 17.4 Å². The van der Waals surface area contributed by atoms with E-state index in [-0.39, 0.29) is 6.03 Å². The van der Waals surface area contributed by atoms with Gasteiger partial charge in [-0.25, -0.2) is 19.8 Å². The monoisotopic (exact) mass is 905 g/mol. The minimum absolute atomic E-state index is 0.296. The Morgan fingerprint density at radius 2 is 1.48 bits per heavy atom. The first-order chi connectivity index (χ1) is 34.2. The lowest BCUT2D eigenvalue weighted by Gasteiger charge is -2.44. The minimum Gasteiger partial charge on any atom is -0.355 e. The number of hydrogen-bond donors (Lipinski definition) is 4. The number of carbonyl (C=O) groups excluding carboxylic acids is 1. The van der Waals surface area contributed by atoms with E-state index in [1.165, 1.54) is 0 Å². The molecule has 336 valence electrons. The van der Waals surface area contributed by atoms with Crippen LogP contribution in [0, 0.1) is 0 Å². The third-order valence-corrected chi connectivity index (χ3v) is 13.9. The predicted molar refractivity (Wildman–Crippen MR) is 270 cm³/mol. The van der Waals surface area contributed by atoms with Gasteiger partial charge in [-0.3, -0.25) is 35.3 Å². The summed E-state index contributed by atoms with van der Waals surface area (Å²) in [5, 5.41) is 23.2. The van der Waals surface area contributed by atoms with Gasteiger partial charge in [-0.15, -0.1) is 0 Å². The van der Waals surface area contributed by atoms with Crippen molar-refractivity contribution in [3.05, 3.63) is 157 Å². The number of para-hydroxylation sites is 3. The number of amides is 2. The van der Waals surface area contributed by atoms with Crippen molar-refractivity contribution in [1.29, 1.82) is 0 Å². The third kappa shape index (κ3) is 5.79. The van der Waals surface area contributed by atoms with Crippen molar-refractivity contribution in [2.24, 2.45) is 9.98 Å². The van der Waals surface area contributed by atoms with Crippen LogP contribution in [0.25, 0.3) is 77.3 Å². The van der Waals surface area contributed by atoms with Gasteiger partial charge in [0, 0.05) is 93.2 Å². The zero-order valence-corrected chi connectivity index (χ0v) is 37.2. The fourth-order valence-corrected chi connectivity index (χ4v) is 11.0. The van der Waals surface area contributed by atoms with Gasteiger partial charge in [-0.1, -0.05) is 90.0 Å². The second-order valence-corrected chi connectivity index (χ2v) is 17.7. The number of nitrogens with zero attached hydrogens (tertiary/aromatic N) is 11. The molecule has 4 N–H and O–H groups in total. The van der Waals surface area contributed by atoms with Crippen LogP contribution in [0.5, 0.6) is 0 Å². The molecule has 0 saturated carbocycles. The fourth-order valence-electron chi connectivity index (χ4n) is 11.0. The summed E-state index contributed by atoms with van der Waals surface area (Å²) >= 11 is 0. The first-order valence-corrected chi connectivity index (χ1v) is 23.3. The number of hydrogen-bond acceptors (Lipinski definition) is 11. The number of imidazole rings is 1. The van der Waals surface area contributed by atoms with E-state index in [4.69, 9.17) is 25.0 Å². The largest absolute Gasteiger partial charge is 0.355 e. The molecule has 16 heteroatoms. The van der Waals surface area contributed by atoms with Crippen molar-refractivity contribution in [3.8, 4) is 33.8 Å². The van der Waals surface area contributed by atoms with Gasteiger partial charge in [0.25, 0.3) is 0 Å². The van der Waals surface area contributed by atoms with Crippen LogP contribution < -0.4 is 15.2 Å². The Bertz CT molecular complexity index is 3700. The molecule has 0 bridgehead atoms. The molecule has 10 aromatic rings. The third-order valence-electron chi connectivity index (χ3n) is 13.9. The van der Waals surface area contributed by atoms with E-state index in [1.807, 2.05) is 65.1 Å². The maximum absolute atomic E-state index is 16.3. The topological polar surface area (TPSA) is 169 Å². The second-order valence-electron chi connectivity index (χ2n) is 17.7. The molecule has 5 aromatic heterocycles. The molecule has 0 spiro atoms. The summed E-state index contributed by atoms with van der Waals surface area (Å²) in [6.45, 7) is 3.70. The molecule has 2 amide bonds. The zero-order chi connectivity index (χ0) is 45.6. The quantitative estimate of drug-likeness (QED) is 0.123. The molecule has 4 aliphatic rings. The Hall–Kier alpha value is -8.73. The van der Waals surface area contributed by atoms with Crippen LogP contribution in [0.2, 0.25) is 0 Å². The maximum Gasteiger partial charge on any atom is 0.346 e. The van der Waals surface area contributed by atoms with Gasteiger partial charge in [0.15, 0.2) is 5.54 Å². The molecule has 14 rings (SSSR count). The number of aromatic nitrogens is 7. The molecule has 4 aliphatic heterocycles. The fraction of sp³-hybridized carbons (Fsp3) is 0.151. The van der Waals surface area contributed by atoms with Crippen LogP contribution in [0.4, 0.5) is 16.2 Å². The van der Waals surface area contributed by atoms with E-state index in [9.17, 15) is 0 Å². The Morgan fingerprint density at radius 3 is 2.28 bits per heavy atom. The van der Waals surface area contributed by atoms with E-state index in [0.717, 1.165) is 88.5 Å². The van der Waals surface area contributed by atoms with Crippen LogP contribution in [0.1, 0.15) is 17.1 Å². The number of urea groups is 1. The van der Waals surface area contributed by atoms with Crippen molar-refractivity contribution in [2.45, 2.75) is 5.54 Å².